The summed E-state index contributed by atoms with van der Waals surface area (Å²) in [7, 11) is 0. The molecule has 0 saturated heterocycles. The fraction of sp³-hybridized carbons (Fsp3) is 0.214. The van der Waals surface area contributed by atoms with E-state index < -0.39 is 17.9 Å². The first-order valence-electron chi connectivity index (χ1n) is 12.8. The van der Waals surface area contributed by atoms with Gasteiger partial charge >= 0.3 is 0 Å². The number of hydrazine groups is 1. The number of ether oxygens (including phenoxy) is 2. The van der Waals surface area contributed by atoms with Crippen LogP contribution in [0.4, 0.5) is 5.69 Å². The van der Waals surface area contributed by atoms with Crippen molar-refractivity contribution in [2.75, 3.05) is 11.9 Å². The molecule has 0 aliphatic heterocycles. The summed E-state index contributed by atoms with van der Waals surface area (Å²) in [5.41, 5.74) is 13.0. The van der Waals surface area contributed by atoms with Crippen LogP contribution in [-0.2, 0) is 4.79 Å². The Balaban J connectivity index is 1.60. The van der Waals surface area contributed by atoms with Crippen LogP contribution in [0.3, 0.4) is 0 Å². The Hall–Kier alpha value is -5.46. The van der Waals surface area contributed by atoms with Gasteiger partial charge in [-0.3, -0.25) is 25.8 Å². The molecule has 3 aromatic carbocycles. The second-order valence-electron chi connectivity index (χ2n) is 9.11. The second kappa shape index (κ2) is 13.1. The average Bonchev–Trinajstić information content (AvgIpc) is 3.51. The number of aromatic nitrogens is 4. The number of nitrogens with zero attached hydrogens (tertiary/aromatic N) is 3. The summed E-state index contributed by atoms with van der Waals surface area (Å²) in [6, 6.07) is 17.7. The SMILES string of the molecule is CCOc1cc(C(Nc2ccc(C(=N)N)cc2)C(=O)NNC(=O)c2ccccc2-c2nnn[nH]2)ccc1OC(C)C. The molecular formula is C28H31N9O4. The molecule has 0 aliphatic carbocycles. The maximum Gasteiger partial charge on any atom is 0.270 e. The van der Waals surface area contributed by atoms with E-state index in [1.807, 2.05) is 20.8 Å². The highest BCUT2D eigenvalue weighted by Gasteiger charge is 2.24. The minimum absolute atomic E-state index is 0.0722. The van der Waals surface area contributed by atoms with Crippen LogP contribution < -0.4 is 31.4 Å². The third kappa shape index (κ3) is 7.15. The van der Waals surface area contributed by atoms with Crippen molar-refractivity contribution in [3.8, 4) is 22.9 Å². The normalized spacial score (nSPS) is 11.4. The second-order valence-corrected chi connectivity index (χ2v) is 9.11. The standard InChI is InChI=1S/C28H31N9O4/c1-4-40-23-15-18(11-14-22(23)41-16(2)3)24(31-19-12-9-17(10-13-19)25(29)30)28(39)35-34-27(38)21-8-6-5-7-20(21)26-32-36-37-33-26/h5-16,24,31H,4H2,1-3H3,(H3,29,30)(H,34,38)(H,35,39)(H,32,33,36,37). The van der Waals surface area contributed by atoms with Crippen LogP contribution >= 0.6 is 0 Å². The molecule has 41 heavy (non-hydrogen) atoms. The molecule has 1 aromatic heterocycles. The Morgan fingerprint density at radius 1 is 1.02 bits per heavy atom. The maximum atomic E-state index is 13.6. The Bertz CT molecular complexity index is 1510. The van der Waals surface area contributed by atoms with Gasteiger partial charge < -0.3 is 20.5 Å². The van der Waals surface area contributed by atoms with Gasteiger partial charge in [0.1, 0.15) is 11.9 Å². The fourth-order valence-corrected chi connectivity index (χ4v) is 3.96. The first-order chi connectivity index (χ1) is 19.8. The summed E-state index contributed by atoms with van der Waals surface area (Å²) in [6.45, 7) is 6.07. The van der Waals surface area contributed by atoms with Gasteiger partial charge in [0.05, 0.1) is 18.3 Å². The minimum Gasteiger partial charge on any atom is -0.490 e. The van der Waals surface area contributed by atoms with Gasteiger partial charge in [0.2, 0.25) is 0 Å². The van der Waals surface area contributed by atoms with Crippen molar-refractivity contribution < 1.29 is 19.1 Å². The third-order valence-corrected chi connectivity index (χ3v) is 5.80. The number of rotatable bonds is 11. The Morgan fingerprint density at radius 3 is 2.44 bits per heavy atom. The number of carbonyl (C=O) groups excluding carboxylic acids is 2. The van der Waals surface area contributed by atoms with E-state index in [9.17, 15) is 9.59 Å². The van der Waals surface area contributed by atoms with Gasteiger partial charge in [0.25, 0.3) is 11.8 Å². The van der Waals surface area contributed by atoms with Crippen molar-refractivity contribution >= 4 is 23.3 Å². The number of aromatic amines is 1. The molecule has 0 fully saturated rings. The van der Waals surface area contributed by atoms with Crippen LogP contribution in [-0.4, -0.2) is 51.0 Å². The van der Waals surface area contributed by atoms with Crippen LogP contribution in [0.2, 0.25) is 0 Å². The van der Waals surface area contributed by atoms with Crippen LogP contribution in [0, 0.1) is 5.41 Å². The molecule has 1 unspecified atom stereocenters. The molecule has 4 aromatic rings. The molecule has 2 amide bonds. The summed E-state index contributed by atoms with van der Waals surface area (Å²) in [5.74, 6) is 0.143. The van der Waals surface area contributed by atoms with E-state index in [1.54, 1.807) is 66.7 Å². The van der Waals surface area contributed by atoms with Crippen LogP contribution in [0.1, 0.15) is 48.3 Å². The monoisotopic (exact) mass is 557 g/mol. The lowest BCUT2D eigenvalue weighted by Crippen LogP contribution is -2.45. The molecule has 0 radical (unpaired) electrons. The van der Waals surface area contributed by atoms with E-state index in [1.165, 1.54) is 0 Å². The predicted molar refractivity (Wildman–Crippen MR) is 152 cm³/mol. The number of nitrogens with one attached hydrogen (secondary N) is 5. The maximum absolute atomic E-state index is 13.6. The molecule has 7 N–H and O–H groups in total. The van der Waals surface area contributed by atoms with E-state index in [-0.39, 0.29) is 17.5 Å². The number of amidine groups is 1. The van der Waals surface area contributed by atoms with Crippen molar-refractivity contribution in [2.45, 2.75) is 32.9 Å². The lowest BCUT2D eigenvalue weighted by atomic mass is 10.0. The van der Waals surface area contributed by atoms with Crippen molar-refractivity contribution in [3.05, 3.63) is 83.4 Å². The number of hydrogen-bond donors (Lipinski definition) is 6. The van der Waals surface area contributed by atoms with Gasteiger partial charge in [0, 0.05) is 16.8 Å². The zero-order valence-corrected chi connectivity index (χ0v) is 22.8. The van der Waals surface area contributed by atoms with E-state index in [0.29, 0.717) is 46.3 Å². The summed E-state index contributed by atoms with van der Waals surface area (Å²) in [4.78, 5) is 26.6. The number of carbonyl (C=O) groups is 2. The summed E-state index contributed by atoms with van der Waals surface area (Å²) in [5, 5.41) is 24.4. The number of anilines is 1. The molecule has 13 nitrogen and oxygen atoms in total. The zero-order chi connectivity index (χ0) is 29.4. The summed E-state index contributed by atoms with van der Waals surface area (Å²) in [6.07, 6.45) is -0.0807. The highest BCUT2D eigenvalue weighted by molar-refractivity contribution is 6.01. The van der Waals surface area contributed by atoms with E-state index in [0.717, 1.165) is 0 Å². The molecule has 0 saturated carbocycles. The van der Waals surface area contributed by atoms with Gasteiger partial charge in [-0.15, -0.1) is 5.10 Å². The first kappa shape index (κ1) is 28.5. The lowest BCUT2D eigenvalue weighted by Gasteiger charge is -2.22. The molecule has 13 heteroatoms. The number of nitrogens with two attached hydrogens (primary N) is 1. The van der Waals surface area contributed by atoms with Gasteiger partial charge in [-0.25, -0.2) is 5.10 Å². The van der Waals surface area contributed by atoms with Crippen molar-refractivity contribution in [2.24, 2.45) is 5.73 Å². The summed E-state index contributed by atoms with van der Waals surface area (Å²) >= 11 is 0. The number of nitrogen functional groups attached to an aromatic ring is 1. The topological polar surface area (TPSA) is 193 Å². The predicted octanol–water partition coefficient (Wildman–Crippen LogP) is 2.95. The molecule has 4 rings (SSSR count). The molecule has 0 spiro atoms. The molecule has 1 atom stereocenters. The third-order valence-electron chi connectivity index (χ3n) is 5.80. The molecular weight excluding hydrogens is 526 g/mol. The number of benzene rings is 3. The largest absolute Gasteiger partial charge is 0.490 e. The van der Waals surface area contributed by atoms with Gasteiger partial charge in [0.15, 0.2) is 17.3 Å². The fourth-order valence-electron chi connectivity index (χ4n) is 3.96. The van der Waals surface area contributed by atoms with Crippen molar-refractivity contribution in [1.29, 1.82) is 5.41 Å². The molecule has 0 bridgehead atoms. The number of hydrogen-bond acceptors (Lipinski definition) is 9. The van der Waals surface area contributed by atoms with Crippen LogP contribution in [0.25, 0.3) is 11.4 Å². The van der Waals surface area contributed by atoms with E-state index in [2.05, 4.69) is 36.8 Å². The Morgan fingerprint density at radius 2 is 1.78 bits per heavy atom. The molecule has 212 valence electrons. The first-order valence-corrected chi connectivity index (χ1v) is 12.8. The van der Waals surface area contributed by atoms with Crippen LogP contribution in [0.5, 0.6) is 11.5 Å². The highest BCUT2D eigenvalue weighted by Crippen LogP contribution is 2.33. The molecule has 0 aliphatic rings. The smallest absolute Gasteiger partial charge is 0.270 e. The molecule has 1 heterocycles. The van der Waals surface area contributed by atoms with Crippen molar-refractivity contribution in [3.63, 3.8) is 0 Å². The average molecular weight is 558 g/mol. The Kier molecular flexibility index (Phi) is 9.09. The van der Waals surface area contributed by atoms with Gasteiger partial charge in [-0.1, -0.05) is 24.3 Å². The quantitative estimate of drug-likeness (QED) is 0.0913. The van der Waals surface area contributed by atoms with Gasteiger partial charge in [-0.05, 0) is 79.2 Å². The number of amides is 2. The summed E-state index contributed by atoms with van der Waals surface area (Å²) < 4.78 is 11.7. The number of tetrazole rings is 1. The minimum atomic E-state index is -0.959. The number of H-pyrrole nitrogens is 1. The van der Waals surface area contributed by atoms with Gasteiger partial charge in [-0.2, -0.15) is 0 Å². The zero-order valence-electron chi connectivity index (χ0n) is 22.8. The van der Waals surface area contributed by atoms with Crippen LogP contribution in [0.15, 0.2) is 66.7 Å². The highest BCUT2D eigenvalue weighted by atomic mass is 16.5. The van der Waals surface area contributed by atoms with E-state index in [4.69, 9.17) is 20.6 Å². The lowest BCUT2D eigenvalue weighted by molar-refractivity contribution is -0.122. The van der Waals surface area contributed by atoms with Crippen molar-refractivity contribution in [1.82, 2.24) is 31.5 Å². The Labute approximate surface area is 236 Å². The van der Waals surface area contributed by atoms with E-state index >= 15 is 0 Å².